The molecule has 1 aliphatic heterocycles. The molecule has 0 fully saturated rings. The summed E-state index contributed by atoms with van der Waals surface area (Å²) in [5, 5.41) is 0. The van der Waals surface area contributed by atoms with Gasteiger partial charge in [-0.15, -0.1) is 0 Å². The number of amides is 4. The molecule has 0 saturated heterocycles. The normalized spacial score (nSPS) is 15.1. The molecule has 0 aliphatic carbocycles. The van der Waals surface area contributed by atoms with Crippen LogP contribution in [-0.2, 0) is 19.2 Å². The molecule has 0 saturated carbocycles. The van der Waals surface area contributed by atoms with Crippen LogP contribution < -0.4 is 16.6 Å². The van der Waals surface area contributed by atoms with E-state index in [4.69, 9.17) is 5.73 Å². The van der Waals surface area contributed by atoms with Gasteiger partial charge in [0.15, 0.2) is 0 Å². The molecule has 1 atom stereocenters. The zero-order valence-electron chi connectivity index (χ0n) is 12.5. The lowest BCUT2D eigenvalue weighted by Gasteiger charge is -2.13. The molecule has 0 aromatic heterocycles. The lowest BCUT2D eigenvalue weighted by Crippen LogP contribution is -2.49. The van der Waals surface area contributed by atoms with Gasteiger partial charge in [-0.1, -0.05) is 13.3 Å². The number of hydrazine groups is 1. The summed E-state index contributed by atoms with van der Waals surface area (Å²) in [4.78, 5) is 46.5. The first kappa shape index (κ1) is 17.8. The number of rotatable bonds is 8. The highest BCUT2D eigenvalue weighted by Gasteiger charge is 2.22. The molecule has 4 N–H and O–H groups in total. The first-order chi connectivity index (χ1) is 10.5. The second-order valence-electron chi connectivity index (χ2n) is 4.87. The smallest absolute Gasteiger partial charge is 0.255 e. The topological polar surface area (TPSA) is 122 Å². The molecule has 22 heavy (non-hydrogen) atoms. The number of nitrogens with one attached hydrogen (secondary N) is 2. The van der Waals surface area contributed by atoms with Crippen LogP contribution in [0.2, 0.25) is 0 Å². The molecule has 0 spiro atoms. The number of carbonyl (C=O) groups excluding carboxylic acids is 4. The number of nitrogens with zero attached hydrogens (tertiary/aromatic N) is 1. The summed E-state index contributed by atoms with van der Waals surface area (Å²) in [5.41, 5.74) is 9.95. The average Bonchev–Trinajstić information content (AvgIpc) is 2.82. The standard InChI is InChI=1S/C14H21N4O4/c1-2-10(15)14(22)17-16-11(19)6-4-3-5-9-18-12(20)7-8-13(18)21/h2,7-8,10H,3-6,9,15H2,1H3,(H,16,19)(H,17,22)/t10-/m0/s1. The third kappa shape index (κ3) is 5.65. The van der Waals surface area contributed by atoms with Crippen molar-refractivity contribution in [1.82, 2.24) is 15.8 Å². The van der Waals surface area contributed by atoms with Crippen LogP contribution in [0.5, 0.6) is 0 Å². The monoisotopic (exact) mass is 309 g/mol. The van der Waals surface area contributed by atoms with Crippen molar-refractivity contribution in [2.45, 2.75) is 38.6 Å². The zero-order chi connectivity index (χ0) is 16.5. The van der Waals surface area contributed by atoms with E-state index >= 15 is 0 Å². The van der Waals surface area contributed by atoms with Gasteiger partial charge in [-0.3, -0.25) is 34.9 Å². The van der Waals surface area contributed by atoms with Crippen LogP contribution in [0, 0.1) is 6.42 Å². The van der Waals surface area contributed by atoms with Crippen LogP contribution in [0.15, 0.2) is 12.2 Å². The molecule has 4 amide bonds. The van der Waals surface area contributed by atoms with Gasteiger partial charge in [-0.2, -0.15) is 0 Å². The van der Waals surface area contributed by atoms with Gasteiger partial charge in [0.1, 0.15) is 0 Å². The zero-order valence-corrected chi connectivity index (χ0v) is 12.5. The van der Waals surface area contributed by atoms with Crippen molar-refractivity contribution in [2.75, 3.05) is 6.54 Å². The molecule has 1 rings (SSSR count). The van der Waals surface area contributed by atoms with Gasteiger partial charge in [0.25, 0.3) is 17.7 Å². The van der Waals surface area contributed by atoms with E-state index in [1.165, 1.54) is 23.5 Å². The summed E-state index contributed by atoms with van der Waals surface area (Å²) in [6, 6.07) is -0.760. The Hall–Kier alpha value is -2.22. The molecule has 8 nitrogen and oxygen atoms in total. The Morgan fingerprint density at radius 2 is 1.82 bits per heavy atom. The average molecular weight is 309 g/mol. The second-order valence-corrected chi connectivity index (χ2v) is 4.87. The third-order valence-corrected chi connectivity index (χ3v) is 3.17. The SMILES string of the molecule is C[CH][C@H](N)C(=O)NNC(=O)CCCCCN1C(=O)C=CC1=O. The van der Waals surface area contributed by atoms with Gasteiger partial charge in [0.2, 0.25) is 5.91 Å². The van der Waals surface area contributed by atoms with E-state index in [0.29, 0.717) is 25.8 Å². The summed E-state index contributed by atoms with van der Waals surface area (Å²) in [6.07, 6.45) is 6.17. The molecule has 1 heterocycles. The van der Waals surface area contributed by atoms with Gasteiger partial charge in [0.05, 0.1) is 6.04 Å². The molecule has 0 unspecified atom stereocenters. The molecule has 121 valence electrons. The second kappa shape index (κ2) is 8.93. The molecule has 0 bridgehead atoms. The van der Waals surface area contributed by atoms with Crippen molar-refractivity contribution in [3.05, 3.63) is 18.6 Å². The van der Waals surface area contributed by atoms with Crippen LogP contribution in [0.25, 0.3) is 0 Å². The van der Waals surface area contributed by atoms with Gasteiger partial charge in [-0.05, 0) is 19.3 Å². The van der Waals surface area contributed by atoms with Gasteiger partial charge in [-0.25, -0.2) is 0 Å². The molecular weight excluding hydrogens is 288 g/mol. The summed E-state index contributed by atoms with van der Waals surface area (Å²) in [7, 11) is 0. The van der Waals surface area contributed by atoms with E-state index in [9.17, 15) is 19.2 Å². The van der Waals surface area contributed by atoms with Crippen molar-refractivity contribution in [3.63, 3.8) is 0 Å². The van der Waals surface area contributed by atoms with Gasteiger partial charge < -0.3 is 5.73 Å². The fourth-order valence-electron chi connectivity index (χ4n) is 1.81. The summed E-state index contributed by atoms with van der Waals surface area (Å²) < 4.78 is 0. The molecule has 1 radical (unpaired) electrons. The lowest BCUT2D eigenvalue weighted by molar-refractivity contribution is -0.137. The minimum Gasteiger partial charge on any atom is -0.320 e. The molecule has 0 aromatic carbocycles. The Labute approximate surface area is 129 Å². The number of unbranched alkanes of at least 4 members (excludes halogenated alkanes) is 2. The molecule has 0 aromatic rings. The van der Waals surface area contributed by atoms with Crippen molar-refractivity contribution >= 4 is 23.6 Å². The van der Waals surface area contributed by atoms with Crippen LogP contribution in [-0.4, -0.2) is 41.1 Å². The van der Waals surface area contributed by atoms with E-state index < -0.39 is 11.9 Å². The Kier molecular flexibility index (Phi) is 7.24. The van der Waals surface area contributed by atoms with E-state index in [0.717, 1.165) is 0 Å². The predicted molar refractivity (Wildman–Crippen MR) is 78.6 cm³/mol. The Morgan fingerprint density at radius 3 is 2.41 bits per heavy atom. The van der Waals surface area contributed by atoms with Crippen LogP contribution in [0.4, 0.5) is 0 Å². The minimum atomic E-state index is -0.760. The van der Waals surface area contributed by atoms with E-state index in [2.05, 4.69) is 10.9 Å². The van der Waals surface area contributed by atoms with Crippen molar-refractivity contribution < 1.29 is 19.2 Å². The highest BCUT2D eigenvalue weighted by Crippen LogP contribution is 2.07. The number of imide groups is 1. The van der Waals surface area contributed by atoms with Crippen LogP contribution >= 0.6 is 0 Å². The first-order valence-electron chi connectivity index (χ1n) is 7.13. The summed E-state index contributed by atoms with van der Waals surface area (Å²) in [5.74, 6) is -1.38. The Morgan fingerprint density at radius 1 is 1.18 bits per heavy atom. The van der Waals surface area contributed by atoms with Crippen molar-refractivity contribution in [1.29, 1.82) is 0 Å². The number of hydrogen-bond acceptors (Lipinski definition) is 5. The number of nitrogens with two attached hydrogens (primary N) is 1. The van der Waals surface area contributed by atoms with E-state index in [1.54, 1.807) is 6.92 Å². The predicted octanol–water partition coefficient (Wildman–Crippen LogP) is -0.829. The Bertz CT molecular complexity index is 457. The Balaban J connectivity index is 2.07. The quantitative estimate of drug-likeness (QED) is 0.307. The first-order valence-corrected chi connectivity index (χ1v) is 7.13. The largest absolute Gasteiger partial charge is 0.320 e. The van der Waals surface area contributed by atoms with Crippen molar-refractivity contribution in [2.24, 2.45) is 5.73 Å². The van der Waals surface area contributed by atoms with Crippen LogP contribution in [0.1, 0.15) is 32.6 Å². The summed E-state index contributed by atoms with van der Waals surface area (Å²) >= 11 is 0. The van der Waals surface area contributed by atoms with E-state index in [1.807, 2.05) is 0 Å². The minimum absolute atomic E-state index is 0.242. The van der Waals surface area contributed by atoms with E-state index in [-0.39, 0.29) is 24.1 Å². The fraction of sp³-hybridized carbons (Fsp3) is 0.500. The molecule has 8 heteroatoms. The third-order valence-electron chi connectivity index (χ3n) is 3.17. The van der Waals surface area contributed by atoms with Crippen molar-refractivity contribution in [3.8, 4) is 0 Å². The van der Waals surface area contributed by atoms with Gasteiger partial charge in [0, 0.05) is 25.1 Å². The lowest BCUT2D eigenvalue weighted by atomic mass is 10.2. The molecular formula is C14H21N4O4. The molecule has 1 aliphatic rings. The highest BCUT2D eigenvalue weighted by molar-refractivity contribution is 6.12. The van der Waals surface area contributed by atoms with Crippen LogP contribution in [0.3, 0.4) is 0 Å². The number of hydrogen-bond donors (Lipinski definition) is 3. The van der Waals surface area contributed by atoms with Gasteiger partial charge >= 0.3 is 0 Å². The summed E-state index contributed by atoms with van der Waals surface area (Å²) in [6.45, 7) is 2.00. The number of carbonyl (C=O) groups is 4. The maximum Gasteiger partial charge on any atom is 0.255 e. The fourth-order valence-corrected chi connectivity index (χ4v) is 1.81. The maximum absolute atomic E-state index is 11.5. The highest BCUT2D eigenvalue weighted by atomic mass is 16.2. The maximum atomic E-state index is 11.5.